The van der Waals surface area contributed by atoms with E-state index in [4.69, 9.17) is 23.1 Å². The monoisotopic (exact) mass is 552 g/mol. The number of unbranched alkanes of at least 4 members (excludes halogenated alkanes) is 2. The number of hydrogen-bond acceptors (Lipinski definition) is 14. The number of thiol groups is 3. The molecule has 2 rings (SSSR count). The number of ether oxygens (including phenoxy) is 4. The molecule has 0 radical (unpaired) electrons. The van der Waals surface area contributed by atoms with Crippen LogP contribution in [0.1, 0.15) is 19.3 Å². The fraction of sp³-hybridized carbons (Fsp3) is 1.00. The Kier molecular flexibility index (Phi) is 14.6. The van der Waals surface area contributed by atoms with Crippen molar-refractivity contribution in [2.75, 3.05) is 36.2 Å². The zero-order chi connectivity index (χ0) is 24.4. The summed E-state index contributed by atoms with van der Waals surface area (Å²) in [5.41, 5.74) is 0. The lowest BCUT2D eigenvalue weighted by Gasteiger charge is -2.42. The fourth-order valence-electron chi connectivity index (χ4n) is 3.44. The Morgan fingerprint density at radius 3 is 2.00 bits per heavy atom. The Labute approximate surface area is 215 Å². The van der Waals surface area contributed by atoms with Crippen LogP contribution in [0, 0.1) is 0 Å². The van der Waals surface area contributed by atoms with Gasteiger partial charge in [-0.3, -0.25) is 0 Å². The highest BCUT2D eigenvalue weighted by molar-refractivity contribution is 7.94. The first-order valence-corrected chi connectivity index (χ1v) is 13.7. The van der Waals surface area contributed by atoms with Gasteiger partial charge in [0.1, 0.15) is 42.7 Å². The molecule has 10 nitrogen and oxygen atoms in total. The van der Waals surface area contributed by atoms with Crippen molar-refractivity contribution in [3.8, 4) is 0 Å². The minimum absolute atomic E-state index is 0.0310. The maximum atomic E-state index is 10.7. The topological polar surface area (TPSA) is 147 Å². The van der Waals surface area contributed by atoms with Crippen molar-refractivity contribution >= 4 is 49.9 Å². The average molecular weight is 553 g/mol. The van der Waals surface area contributed by atoms with Gasteiger partial charge in [0.2, 0.25) is 0 Å². The average Bonchev–Trinajstić information content (AvgIpc) is 2.81. The van der Waals surface area contributed by atoms with Gasteiger partial charge in [0.25, 0.3) is 0 Å². The van der Waals surface area contributed by atoms with E-state index in [-0.39, 0.29) is 18.1 Å². The second kappa shape index (κ2) is 16.0. The highest BCUT2D eigenvalue weighted by atomic mass is 32.2. The van der Waals surface area contributed by atoms with Gasteiger partial charge in [-0.1, -0.05) is 6.42 Å². The van der Waals surface area contributed by atoms with Crippen LogP contribution in [0.5, 0.6) is 0 Å². The summed E-state index contributed by atoms with van der Waals surface area (Å²) in [5, 5.41) is 51.6. The summed E-state index contributed by atoms with van der Waals surface area (Å²) in [6.45, 7) is 0.562. The second-order valence-electron chi connectivity index (χ2n) is 7.82. The Morgan fingerprint density at radius 1 is 0.667 bits per heavy atom. The SMILES string of the molecule is OC1C(CSOC2C(O)C(CS)OC(OCCCCCS)C2O)OC(OCCS)C(O)C1O. The van der Waals surface area contributed by atoms with Crippen LogP contribution in [0.15, 0.2) is 0 Å². The maximum absolute atomic E-state index is 10.7. The molecule has 0 saturated carbocycles. The van der Waals surface area contributed by atoms with Gasteiger partial charge in [0.05, 0.1) is 12.7 Å². The minimum Gasteiger partial charge on any atom is -0.388 e. The predicted molar refractivity (Wildman–Crippen MR) is 132 cm³/mol. The lowest BCUT2D eigenvalue weighted by atomic mass is 10.00. The zero-order valence-electron chi connectivity index (χ0n) is 18.2. The Bertz CT molecular complexity index is 539. The molecule has 33 heavy (non-hydrogen) atoms. The van der Waals surface area contributed by atoms with E-state index in [0.29, 0.717) is 12.4 Å². The van der Waals surface area contributed by atoms with Crippen LogP contribution in [0.3, 0.4) is 0 Å². The molecule has 10 atom stereocenters. The maximum Gasteiger partial charge on any atom is 0.186 e. The van der Waals surface area contributed by atoms with Gasteiger partial charge in [0, 0.05) is 23.9 Å². The third-order valence-electron chi connectivity index (χ3n) is 5.36. The smallest absolute Gasteiger partial charge is 0.186 e. The normalized spacial score (nSPS) is 39.6. The quantitative estimate of drug-likeness (QED) is 0.0784. The van der Waals surface area contributed by atoms with E-state index in [1.54, 1.807) is 0 Å². The molecule has 2 fully saturated rings. The van der Waals surface area contributed by atoms with E-state index in [9.17, 15) is 25.5 Å². The van der Waals surface area contributed by atoms with Crippen LogP contribution >= 0.6 is 49.9 Å². The molecular formula is C19H36O10S4. The second-order valence-corrected chi connectivity index (χ2v) is 9.84. The van der Waals surface area contributed by atoms with Crippen molar-refractivity contribution in [1.82, 2.24) is 0 Å². The van der Waals surface area contributed by atoms with Gasteiger partial charge in [0.15, 0.2) is 12.6 Å². The van der Waals surface area contributed by atoms with E-state index in [2.05, 4.69) is 37.9 Å². The van der Waals surface area contributed by atoms with E-state index in [1.165, 1.54) is 0 Å². The summed E-state index contributed by atoms with van der Waals surface area (Å²) in [6.07, 6.45) is -8.81. The van der Waals surface area contributed by atoms with E-state index in [0.717, 1.165) is 37.1 Å². The van der Waals surface area contributed by atoms with Gasteiger partial charge < -0.3 is 48.7 Å². The van der Waals surface area contributed by atoms with Crippen molar-refractivity contribution in [3.63, 3.8) is 0 Å². The number of hydrogen-bond donors (Lipinski definition) is 8. The lowest BCUT2D eigenvalue weighted by Crippen LogP contribution is -2.60. The number of aliphatic hydroxyl groups excluding tert-OH is 5. The molecular weight excluding hydrogens is 516 g/mol. The Morgan fingerprint density at radius 2 is 1.33 bits per heavy atom. The number of aliphatic hydroxyl groups is 5. The van der Waals surface area contributed by atoms with Crippen molar-refractivity contribution < 1.29 is 48.7 Å². The molecule has 2 saturated heterocycles. The minimum atomic E-state index is -1.47. The molecule has 0 bridgehead atoms. The molecule has 0 amide bonds. The first-order chi connectivity index (χ1) is 15.8. The van der Waals surface area contributed by atoms with Crippen LogP contribution in [0.4, 0.5) is 0 Å². The molecule has 5 N–H and O–H groups in total. The Balaban J connectivity index is 1.89. The summed E-state index contributed by atoms with van der Waals surface area (Å²) in [5.74, 6) is 1.40. The molecule has 0 spiro atoms. The molecule has 14 heteroatoms. The largest absolute Gasteiger partial charge is 0.388 e. The molecule has 2 aliphatic rings. The molecule has 2 aliphatic heterocycles. The molecule has 10 unspecified atom stereocenters. The van der Waals surface area contributed by atoms with E-state index in [1.807, 2.05) is 0 Å². The standard InChI is InChI=1S/C19H36O10S4/c20-12-11(28-18(26-5-7-31)15(23)14(12)22)9-33-29-17-13(21)10(8-32)27-19(16(17)24)25-4-2-1-3-6-30/h10-24,30-32H,1-9H2. The van der Waals surface area contributed by atoms with Gasteiger partial charge in [-0.15, -0.1) is 0 Å². The zero-order valence-corrected chi connectivity index (χ0v) is 21.7. The predicted octanol–water partition coefficient (Wildman–Crippen LogP) is -0.733. The van der Waals surface area contributed by atoms with E-state index >= 15 is 0 Å². The summed E-state index contributed by atoms with van der Waals surface area (Å²) < 4.78 is 27.9. The Hall–Kier alpha value is 1.000. The first kappa shape index (κ1) is 30.2. The van der Waals surface area contributed by atoms with Gasteiger partial charge in [-0.05, 0) is 30.6 Å². The number of rotatable bonds is 14. The lowest BCUT2D eigenvalue weighted by molar-refractivity contribution is -0.291. The summed E-state index contributed by atoms with van der Waals surface area (Å²) in [7, 11) is 0. The van der Waals surface area contributed by atoms with Crippen molar-refractivity contribution in [2.24, 2.45) is 0 Å². The third kappa shape index (κ3) is 8.81. The van der Waals surface area contributed by atoms with Crippen LogP contribution in [0.25, 0.3) is 0 Å². The third-order valence-corrected chi connectivity index (χ3v) is 7.04. The first-order valence-electron chi connectivity index (χ1n) is 10.9. The van der Waals surface area contributed by atoms with Gasteiger partial charge >= 0.3 is 0 Å². The summed E-state index contributed by atoms with van der Waals surface area (Å²) in [6, 6.07) is 0. The summed E-state index contributed by atoms with van der Waals surface area (Å²) >= 11 is 13.2. The molecule has 0 aromatic heterocycles. The molecule has 196 valence electrons. The highest BCUT2D eigenvalue weighted by Gasteiger charge is 2.47. The van der Waals surface area contributed by atoms with Crippen LogP contribution in [-0.2, 0) is 23.1 Å². The summed E-state index contributed by atoms with van der Waals surface area (Å²) in [4.78, 5) is 0. The van der Waals surface area contributed by atoms with Crippen LogP contribution in [-0.4, -0.2) is 123 Å². The molecule has 0 aromatic rings. The van der Waals surface area contributed by atoms with Crippen molar-refractivity contribution in [1.29, 1.82) is 0 Å². The highest BCUT2D eigenvalue weighted by Crippen LogP contribution is 2.30. The molecule has 0 aromatic carbocycles. The van der Waals surface area contributed by atoms with Crippen molar-refractivity contribution in [3.05, 3.63) is 0 Å². The van der Waals surface area contributed by atoms with Crippen LogP contribution in [0.2, 0.25) is 0 Å². The molecule has 0 aliphatic carbocycles. The van der Waals surface area contributed by atoms with Crippen molar-refractivity contribution in [2.45, 2.75) is 80.7 Å². The van der Waals surface area contributed by atoms with Crippen LogP contribution < -0.4 is 0 Å². The van der Waals surface area contributed by atoms with E-state index < -0.39 is 61.4 Å². The van der Waals surface area contributed by atoms with Gasteiger partial charge in [-0.2, -0.15) is 37.9 Å². The molecule has 2 heterocycles. The van der Waals surface area contributed by atoms with Gasteiger partial charge in [-0.25, -0.2) is 0 Å². The fourth-order valence-corrected chi connectivity index (χ4v) is 4.94.